The molecule has 0 heterocycles. The number of rotatable bonds is 5. The second-order valence-corrected chi connectivity index (χ2v) is 10.1. The third kappa shape index (κ3) is 3.71. The Hall–Kier alpha value is -4.04. The molecule has 2 nitrogen and oxygen atoms in total. The van der Waals surface area contributed by atoms with Gasteiger partial charge in [-0.1, -0.05) is 73.2 Å². The molecule has 4 aromatic rings. The van der Waals surface area contributed by atoms with Gasteiger partial charge < -0.3 is 9.47 Å². The van der Waals surface area contributed by atoms with Crippen molar-refractivity contribution >= 4 is 5.57 Å². The van der Waals surface area contributed by atoms with Gasteiger partial charge in [0, 0.05) is 5.92 Å². The van der Waals surface area contributed by atoms with Crippen LogP contribution < -0.4 is 9.47 Å². The standard InChI is InChI=1S/C35H32O2/c1-21-10-19-29-30(20-21)22(2)33-31(24-8-6-7-9-24)23(3)32(25-11-15-27(36-4)16-12-25)34(35(29)33)26-13-17-28(37-5)18-14-26/h6-8,10-20,22H,9H2,1-5H3. The van der Waals surface area contributed by atoms with Crippen molar-refractivity contribution in [1.29, 1.82) is 0 Å². The van der Waals surface area contributed by atoms with Gasteiger partial charge in [0.15, 0.2) is 0 Å². The van der Waals surface area contributed by atoms with Crippen molar-refractivity contribution in [3.63, 3.8) is 0 Å². The summed E-state index contributed by atoms with van der Waals surface area (Å²) in [4.78, 5) is 0. The van der Waals surface area contributed by atoms with E-state index < -0.39 is 0 Å². The molecule has 2 heteroatoms. The summed E-state index contributed by atoms with van der Waals surface area (Å²) in [6.45, 7) is 6.88. The zero-order valence-corrected chi connectivity index (χ0v) is 22.2. The maximum absolute atomic E-state index is 5.51. The molecule has 0 aromatic heterocycles. The first kappa shape index (κ1) is 23.4. The van der Waals surface area contributed by atoms with Crippen molar-refractivity contribution in [3.05, 3.63) is 113 Å². The number of benzene rings is 4. The van der Waals surface area contributed by atoms with Crippen LogP contribution in [0.4, 0.5) is 0 Å². The van der Waals surface area contributed by atoms with Gasteiger partial charge in [-0.3, -0.25) is 0 Å². The Morgan fingerprint density at radius 1 is 0.703 bits per heavy atom. The SMILES string of the molecule is COc1ccc(-c2c(C)c(C3=CC=CC3)c3c(c2-c2ccc(OC)cc2)-c2ccc(C)cc2C3C)cc1. The average Bonchev–Trinajstić information content (AvgIpc) is 3.55. The molecule has 1 atom stereocenters. The maximum atomic E-state index is 5.51. The van der Waals surface area contributed by atoms with E-state index in [-0.39, 0.29) is 0 Å². The quantitative estimate of drug-likeness (QED) is 0.281. The summed E-state index contributed by atoms with van der Waals surface area (Å²) in [5, 5.41) is 0. The van der Waals surface area contributed by atoms with Gasteiger partial charge in [0.2, 0.25) is 0 Å². The number of hydrogen-bond acceptors (Lipinski definition) is 2. The Labute approximate surface area is 219 Å². The minimum atomic E-state index is 0.321. The summed E-state index contributed by atoms with van der Waals surface area (Å²) in [6.07, 6.45) is 7.73. The molecule has 0 saturated carbocycles. The average molecular weight is 485 g/mol. The highest BCUT2D eigenvalue weighted by atomic mass is 16.5. The van der Waals surface area contributed by atoms with Crippen LogP contribution in [0.1, 0.15) is 47.1 Å². The molecule has 0 aliphatic heterocycles. The van der Waals surface area contributed by atoms with Gasteiger partial charge in [0.05, 0.1) is 14.2 Å². The Kier molecular flexibility index (Phi) is 5.76. The van der Waals surface area contributed by atoms with Crippen LogP contribution in [0.15, 0.2) is 85.0 Å². The van der Waals surface area contributed by atoms with Gasteiger partial charge >= 0.3 is 0 Å². The fraction of sp³-hybridized carbons (Fsp3) is 0.200. The highest BCUT2D eigenvalue weighted by Crippen LogP contribution is 2.56. The lowest BCUT2D eigenvalue weighted by molar-refractivity contribution is 0.414. The van der Waals surface area contributed by atoms with E-state index in [2.05, 4.69) is 106 Å². The van der Waals surface area contributed by atoms with E-state index in [0.29, 0.717) is 5.92 Å². The molecule has 2 aliphatic rings. The van der Waals surface area contributed by atoms with Gasteiger partial charge in [-0.25, -0.2) is 0 Å². The number of ether oxygens (including phenoxy) is 2. The number of methoxy groups -OCH3 is 2. The van der Waals surface area contributed by atoms with Crippen LogP contribution in [-0.2, 0) is 0 Å². The number of aryl methyl sites for hydroxylation is 1. The van der Waals surface area contributed by atoms with Crippen molar-refractivity contribution in [3.8, 4) is 44.9 Å². The molecule has 0 N–H and O–H groups in total. The predicted octanol–water partition coefficient (Wildman–Crippen LogP) is 9.13. The van der Waals surface area contributed by atoms with E-state index in [0.717, 1.165) is 17.9 Å². The molecular formula is C35H32O2. The Balaban J connectivity index is 1.76. The van der Waals surface area contributed by atoms with Crippen LogP contribution in [0.5, 0.6) is 11.5 Å². The van der Waals surface area contributed by atoms with Crippen molar-refractivity contribution in [1.82, 2.24) is 0 Å². The van der Waals surface area contributed by atoms with E-state index in [1.54, 1.807) is 14.2 Å². The molecule has 0 bridgehead atoms. The molecule has 6 rings (SSSR count). The molecule has 0 saturated heterocycles. The summed E-state index contributed by atoms with van der Waals surface area (Å²) in [5.74, 6) is 2.05. The van der Waals surface area contributed by atoms with E-state index in [1.165, 1.54) is 66.8 Å². The summed E-state index contributed by atoms with van der Waals surface area (Å²) < 4.78 is 11.0. The third-order valence-electron chi connectivity index (χ3n) is 8.01. The molecular weight excluding hydrogens is 452 g/mol. The molecule has 0 spiro atoms. The smallest absolute Gasteiger partial charge is 0.118 e. The zero-order valence-electron chi connectivity index (χ0n) is 22.2. The van der Waals surface area contributed by atoms with Crippen molar-refractivity contribution in [2.24, 2.45) is 0 Å². The Bertz CT molecular complexity index is 1570. The minimum Gasteiger partial charge on any atom is -0.497 e. The lowest BCUT2D eigenvalue weighted by Crippen LogP contribution is -2.04. The second-order valence-electron chi connectivity index (χ2n) is 10.1. The largest absolute Gasteiger partial charge is 0.497 e. The van der Waals surface area contributed by atoms with E-state index in [4.69, 9.17) is 9.47 Å². The van der Waals surface area contributed by atoms with Crippen molar-refractivity contribution in [2.75, 3.05) is 14.2 Å². The lowest BCUT2D eigenvalue weighted by Gasteiger charge is -2.25. The van der Waals surface area contributed by atoms with Crippen LogP contribution >= 0.6 is 0 Å². The maximum Gasteiger partial charge on any atom is 0.118 e. The van der Waals surface area contributed by atoms with E-state index in [9.17, 15) is 0 Å². The molecule has 184 valence electrons. The molecule has 37 heavy (non-hydrogen) atoms. The zero-order chi connectivity index (χ0) is 25.7. The van der Waals surface area contributed by atoms with Crippen molar-refractivity contribution in [2.45, 2.75) is 33.1 Å². The molecule has 0 fully saturated rings. The van der Waals surface area contributed by atoms with Gasteiger partial charge in [0.25, 0.3) is 0 Å². The van der Waals surface area contributed by atoms with Gasteiger partial charge in [-0.05, 0) is 106 Å². The fourth-order valence-electron chi connectivity index (χ4n) is 6.25. The summed E-state index contributed by atoms with van der Waals surface area (Å²) >= 11 is 0. The molecule has 2 aliphatic carbocycles. The van der Waals surface area contributed by atoms with E-state index in [1.807, 2.05) is 0 Å². The van der Waals surface area contributed by atoms with Crippen LogP contribution in [0.2, 0.25) is 0 Å². The van der Waals surface area contributed by atoms with Crippen molar-refractivity contribution < 1.29 is 9.47 Å². The summed E-state index contributed by atoms with van der Waals surface area (Å²) in [7, 11) is 3.44. The fourth-order valence-corrected chi connectivity index (χ4v) is 6.25. The number of allylic oxidation sites excluding steroid dienone is 4. The molecule has 0 amide bonds. The lowest BCUT2D eigenvalue weighted by atomic mass is 9.78. The normalized spacial score (nSPS) is 15.4. The highest BCUT2D eigenvalue weighted by molar-refractivity contribution is 6.04. The van der Waals surface area contributed by atoms with Gasteiger partial charge in [-0.2, -0.15) is 0 Å². The highest BCUT2D eigenvalue weighted by Gasteiger charge is 2.35. The second kappa shape index (κ2) is 9.12. The van der Waals surface area contributed by atoms with E-state index >= 15 is 0 Å². The van der Waals surface area contributed by atoms with Crippen LogP contribution in [0, 0.1) is 13.8 Å². The Morgan fingerprint density at radius 3 is 1.89 bits per heavy atom. The summed E-state index contributed by atoms with van der Waals surface area (Å²) in [5.41, 5.74) is 16.0. The van der Waals surface area contributed by atoms with Crippen LogP contribution in [-0.4, -0.2) is 14.2 Å². The van der Waals surface area contributed by atoms with Gasteiger partial charge in [-0.15, -0.1) is 0 Å². The molecule has 4 aromatic carbocycles. The van der Waals surface area contributed by atoms with Crippen LogP contribution in [0.3, 0.4) is 0 Å². The van der Waals surface area contributed by atoms with Gasteiger partial charge in [0.1, 0.15) is 11.5 Å². The third-order valence-corrected chi connectivity index (χ3v) is 8.01. The first-order valence-electron chi connectivity index (χ1n) is 13.0. The molecule has 1 unspecified atom stereocenters. The number of hydrogen-bond donors (Lipinski definition) is 0. The first-order chi connectivity index (χ1) is 18.0. The number of fused-ring (bicyclic) bond motifs is 3. The Morgan fingerprint density at radius 2 is 1.32 bits per heavy atom. The first-order valence-corrected chi connectivity index (χ1v) is 13.0. The topological polar surface area (TPSA) is 18.5 Å². The minimum absolute atomic E-state index is 0.321. The van der Waals surface area contributed by atoms with Crippen LogP contribution in [0.25, 0.3) is 39.0 Å². The predicted molar refractivity (Wildman–Crippen MR) is 155 cm³/mol. The summed E-state index contributed by atoms with van der Waals surface area (Å²) in [6, 6.07) is 24.0. The molecule has 0 radical (unpaired) electrons. The monoisotopic (exact) mass is 484 g/mol.